The van der Waals surface area contributed by atoms with E-state index in [0.717, 1.165) is 6.07 Å². The first-order valence-corrected chi connectivity index (χ1v) is 11.7. The number of carboxylic acid groups (broad SMARTS) is 1. The Kier molecular flexibility index (Phi) is 7.55. The van der Waals surface area contributed by atoms with Gasteiger partial charge >= 0.3 is 12.1 Å². The Labute approximate surface area is 216 Å². The third-order valence-electron chi connectivity index (χ3n) is 5.29. The predicted molar refractivity (Wildman–Crippen MR) is 128 cm³/mol. The first-order valence-electron chi connectivity index (χ1n) is 11.3. The molecule has 196 valence electrons. The number of hydrogen-bond acceptors (Lipinski definition) is 9. The Balaban J connectivity index is 1.37. The summed E-state index contributed by atoms with van der Waals surface area (Å²) in [5.74, 6) is -2.00. The highest BCUT2D eigenvalue weighted by atomic mass is 35.5. The van der Waals surface area contributed by atoms with Crippen molar-refractivity contribution in [2.75, 3.05) is 13.1 Å². The first-order chi connectivity index (χ1) is 17.5. The number of carboxylic acids is 1. The fraction of sp³-hybridized carbons (Fsp3) is 0.391. The van der Waals surface area contributed by atoms with Gasteiger partial charge in [-0.2, -0.15) is 0 Å². The first kappa shape index (κ1) is 26.2. The second kappa shape index (κ2) is 10.6. The lowest BCUT2D eigenvalue weighted by atomic mass is 10.0. The summed E-state index contributed by atoms with van der Waals surface area (Å²) in [6.07, 6.45) is 0.612. The lowest BCUT2D eigenvalue weighted by Gasteiger charge is -2.23. The van der Waals surface area contributed by atoms with Crippen molar-refractivity contribution < 1.29 is 28.6 Å². The third kappa shape index (κ3) is 6.89. The van der Waals surface area contributed by atoms with Crippen molar-refractivity contribution >= 4 is 23.7 Å². The highest BCUT2D eigenvalue weighted by molar-refractivity contribution is 6.30. The number of aliphatic carboxylic acids is 1. The van der Waals surface area contributed by atoms with E-state index >= 15 is 0 Å². The van der Waals surface area contributed by atoms with Gasteiger partial charge in [-0.25, -0.2) is 14.2 Å². The minimum Gasteiger partial charge on any atom is -0.481 e. The zero-order valence-electron chi connectivity index (χ0n) is 20.3. The molecule has 0 radical (unpaired) electrons. The summed E-state index contributed by atoms with van der Waals surface area (Å²) in [7, 11) is 0. The average Bonchev–Trinajstić information content (AvgIpc) is 3.42. The normalized spacial score (nSPS) is 18.0. The minimum absolute atomic E-state index is 0.162. The second-order valence-corrected chi connectivity index (χ2v) is 9.86. The third-order valence-corrected chi connectivity index (χ3v) is 5.50. The highest BCUT2D eigenvalue weighted by Crippen LogP contribution is 2.25. The van der Waals surface area contributed by atoms with Crippen LogP contribution in [0.5, 0.6) is 11.6 Å². The molecule has 14 heteroatoms. The summed E-state index contributed by atoms with van der Waals surface area (Å²) in [4.78, 5) is 30.8. The van der Waals surface area contributed by atoms with Crippen LogP contribution in [-0.4, -0.2) is 72.0 Å². The zero-order chi connectivity index (χ0) is 26.7. The van der Waals surface area contributed by atoms with Gasteiger partial charge in [0.25, 0.3) is 5.88 Å². The standard InChI is InChI=1S/C23H25ClFN7O5/c1-23(2,3)37-22(35)27-18-11-31(10-16(18)21(33)34)12-19-28-30-32(29-19)14-4-6-15(7-5-14)36-20-17(25)8-13(24)9-26-20/h4-9,16,18H,10-12H2,1-3H3,(H,27,35)(H,33,34)/t16-,18-/m1/s1. The van der Waals surface area contributed by atoms with E-state index in [2.05, 4.69) is 25.7 Å². The zero-order valence-corrected chi connectivity index (χ0v) is 21.0. The van der Waals surface area contributed by atoms with Crippen molar-refractivity contribution in [2.45, 2.75) is 39.0 Å². The van der Waals surface area contributed by atoms with Crippen molar-refractivity contribution in [2.24, 2.45) is 5.92 Å². The van der Waals surface area contributed by atoms with Gasteiger partial charge in [-0.15, -0.1) is 15.0 Å². The molecule has 12 nitrogen and oxygen atoms in total. The number of likely N-dealkylation sites (tertiary alicyclic amines) is 1. The molecule has 37 heavy (non-hydrogen) atoms. The number of nitrogens with zero attached hydrogens (tertiary/aromatic N) is 6. The molecular formula is C23H25ClFN7O5. The summed E-state index contributed by atoms with van der Waals surface area (Å²) < 4.78 is 24.6. The molecule has 1 saturated heterocycles. The average molecular weight is 534 g/mol. The van der Waals surface area contributed by atoms with Crippen LogP contribution < -0.4 is 10.1 Å². The summed E-state index contributed by atoms with van der Waals surface area (Å²) in [6, 6.07) is 6.98. The number of halogens is 2. The van der Waals surface area contributed by atoms with Gasteiger partial charge < -0.3 is 19.9 Å². The Morgan fingerprint density at radius 2 is 1.97 bits per heavy atom. The minimum atomic E-state index is -1.02. The number of nitrogens with one attached hydrogen (secondary N) is 1. The number of hydrogen-bond donors (Lipinski definition) is 2. The van der Waals surface area contributed by atoms with Crippen LogP contribution in [0.4, 0.5) is 9.18 Å². The molecular weight excluding hydrogens is 509 g/mol. The molecule has 0 bridgehead atoms. The predicted octanol–water partition coefficient (Wildman–Crippen LogP) is 3.05. The number of benzene rings is 1. The smallest absolute Gasteiger partial charge is 0.407 e. The topological polar surface area (TPSA) is 145 Å². The molecule has 1 aromatic carbocycles. The van der Waals surface area contributed by atoms with Crippen LogP contribution in [0, 0.1) is 11.7 Å². The number of aromatic nitrogens is 5. The summed E-state index contributed by atoms with van der Waals surface area (Å²) in [5, 5.41) is 24.9. The van der Waals surface area contributed by atoms with Crippen LogP contribution in [-0.2, 0) is 16.1 Å². The molecule has 1 amide bonds. The Morgan fingerprint density at radius 1 is 1.24 bits per heavy atom. The summed E-state index contributed by atoms with van der Waals surface area (Å²) in [6.45, 7) is 5.91. The van der Waals surface area contributed by atoms with Crippen molar-refractivity contribution in [3.8, 4) is 17.3 Å². The van der Waals surface area contributed by atoms with Gasteiger partial charge in [-0.05, 0) is 56.3 Å². The molecule has 2 aromatic heterocycles. The van der Waals surface area contributed by atoms with Crippen LogP contribution >= 0.6 is 11.6 Å². The van der Waals surface area contributed by atoms with Gasteiger partial charge in [-0.3, -0.25) is 9.69 Å². The van der Waals surface area contributed by atoms with E-state index in [1.807, 2.05) is 4.90 Å². The maximum Gasteiger partial charge on any atom is 0.407 e. The van der Waals surface area contributed by atoms with Gasteiger partial charge in [-0.1, -0.05) is 11.6 Å². The molecule has 1 aliphatic heterocycles. The Hall–Kier alpha value is -3.84. The van der Waals surface area contributed by atoms with Crippen molar-refractivity contribution in [1.82, 2.24) is 35.4 Å². The van der Waals surface area contributed by atoms with Crippen LogP contribution in [0.25, 0.3) is 5.69 Å². The quantitative estimate of drug-likeness (QED) is 0.464. The molecule has 0 saturated carbocycles. The van der Waals surface area contributed by atoms with Crippen LogP contribution in [0.15, 0.2) is 36.5 Å². The number of carbonyl (C=O) groups is 2. The van der Waals surface area contributed by atoms with Gasteiger partial charge in [0.15, 0.2) is 11.6 Å². The largest absolute Gasteiger partial charge is 0.481 e. The van der Waals surface area contributed by atoms with E-state index in [4.69, 9.17) is 21.1 Å². The molecule has 0 aliphatic carbocycles. The Bertz CT molecular complexity index is 1280. The van der Waals surface area contributed by atoms with Crippen LogP contribution in [0.1, 0.15) is 26.6 Å². The molecule has 1 aliphatic rings. The van der Waals surface area contributed by atoms with Crippen LogP contribution in [0.2, 0.25) is 5.02 Å². The van der Waals surface area contributed by atoms with E-state index in [1.54, 1.807) is 45.0 Å². The van der Waals surface area contributed by atoms with Crippen molar-refractivity contribution in [3.63, 3.8) is 0 Å². The number of tetrazole rings is 1. The SMILES string of the molecule is CC(C)(C)OC(=O)N[C@@H]1CN(Cc2nnn(-c3ccc(Oc4ncc(Cl)cc4F)cc3)n2)C[C@H]1C(=O)O. The highest BCUT2D eigenvalue weighted by Gasteiger charge is 2.39. The fourth-order valence-corrected chi connectivity index (χ4v) is 3.87. The molecule has 4 rings (SSSR count). The van der Waals surface area contributed by atoms with Gasteiger partial charge in [0.05, 0.1) is 29.2 Å². The molecule has 0 unspecified atom stereocenters. The van der Waals surface area contributed by atoms with Gasteiger partial charge in [0.1, 0.15) is 11.4 Å². The maximum atomic E-state index is 13.9. The molecule has 2 N–H and O–H groups in total. The van der Waals surface area contributed by atoms with Gasteiger partial charge in [0.2, 0.25) is 0 Å². The maximum absolute atomic E-state index is 13.9. The molecule has 2 atom stereocenters. The summed E-state index contributed by atoms with van der Waals surface area (Å²) in [5.41, 5.74) is -0.124. The number of pyridine rings is 1. The van der Waals surface area contributed by atoms with E-state index < -0.39 is 35.4 Å². The second-order valence-electron chi connectivity index (χ2n) is 9.42. The number of carbonyl (C=O) groups excluding carboxylic acids is 1. The molecule has 3 aromatic rings. The van der Waals surface area contributed by atoms with Crippen molar-refractivity contribution in [1.29, 1.82) is 0 Å². The molecule has 0 spiro atoms. The van der Waals surface area contributed by atoms with Gasteiger partial charge in [0, 0.05) is 19.3 Å². The van der Waals surface area contributed by atoms with E-state index in [9.17, 15) is 19.1 Å². The Morgan fingerprint density at radius 3 is 2.62 bits per heavy atom. The number of rotatable bonds is 7. The van der Waals surface area contributed by atoms with Crippen molar-refractivity contribution in [3.05, 3.63) is 53.2 Å². The van der Waals surface area contributed by atoms with E-state index in [0.29, 0.717) is 17.3 Å². The summed E-state index contributed by atoms with van der Waals surface area (Å²) >= 11 is 5.70. The fourth-order valence-electron chi connectivity index (χ4n) is 3.72. The lowest BCUT2D eigenvalue weighted by Crippen LogP contribution is -2.45. The van der Waals surface area contributed by atoms with E-state index in [1.165, 1.54) is 11.0 Å². The van der Waals surface area contributed by atoms with E-state index in [-0.39, 0.29) is 30.5 Å². The van der Waals surface area contributed by atoms with Crippen LogP contribution in [0.3, 0.4) is 0 Å². The molecule has 1 fully saturated rings. The lowest BCUT2D eigenvalue weighted by molar-refractivity contribution is -0.141. The molecule has 3 heterocycles. The number of ether oxygens (including phenoxy) is 2. The monoisotopic (exact) mass is 533 g/mol. The number of amides is 1. The number of alkyl carbamates (subject to hydrolysis) is 1.